The summed E-state index contributed by atoms with van der Waals surface area (Å²) in [6, 6.07) is 8.54. The molecule has 0 radical (unpaired) electrons. The molecule has 1 unspecified atom stereocenters. The van der Waals surface area contributed by atoms with Crippen molar-refractivity contribution in [3.63, 3.8) is 0 Å². The third kappa shape index (κ3) is 2.36. The number of imide groups is 1. The van der Waals surface area contributed by atoms with Gasteiger partial charge in [0.1, 0.15) is 6.04 Å². The number of nitrogens with one attached hydrogen (secondary N) is 3. The van der Waals surface area contributed by atoms with Gasteiger partial charge < -0.3 is 10.6 Å². The maximum atomic E-state index is 12.0. The fourth-order valence-corrected chi connectivity index (χ4v) is 2.45. The second-order valence-corrected chi connectivity index (χ2v) is 5.22. The van der Waals surface area contributed by atoms with Crippen LogP contribution in [0.2, 0.25) is 0 Å². The van der Waals surface area contributed by atoms with Crippen molar-refractivity contribution in [1.29, 1.82) is 0 Å². The topological polar surface area (TPSA) is 87.3 Å². The van der Waals surface area contributed by atoms with Crippen LogP contribution in [0, 0.1) is 0 Å². The molecular weight excluding hydrogens is 258 g/mol. The van der Waals surface area contributed by atoms with E-state index in [1.165, 1.54) is 0 Å². The van der Waals surface area contributed by atoms with Crippen LogP contribution in [0.15, 0.2) is 30.3 Å². The third-order valence-corrected chi connectivity index (χ3v) is 3.70. The molecule has 20 heavy (non-hydrogen) atoms. The first-order valence-corrected chi connectivity index (χ1v) is 6.57. The zero-order chi connectivity index (χ0) is 14.2. The van der Waals surface area contributed by atoms with E-state index < -0.39 is 18.0 Å². The first-order valence-electron chi connectivity index (χ1n) is 6.57. The van der Waals surface area contributed by atoms with Crippen LogP contribution < -0.4 is 16.0 Å². The Hall–Kier alpha value is -2.37. The van der Waals surface area contributed by atoms with Crippen molar-refractivity contribution < 1.29 is 14.4 Å². The van der Waals surface area contributed by atoms with Crippen molar-refractivity contribution in [3.05, 3.63) is 35.9 Å². The van der Waals surface area contributed by atoms with Crippen LogP contribution in [-0.2, 0) is 15.1 Å². The Labute approximate surface area is 115 Å². The lowest BCUT2D eigenvalue weighted by Crippen LogP contribution is -2.48. The van der Waals surface area contributed by atoms with E-state index in [2.05, 4.69) is 16.0 Å². The SMILES string of the molecule is O=C1CC(NC(=O)NC2(c3ccccc3)CC2)C(=O)N1. The summed E-state index contributed by atoms with van der Waals surface area (Å²) in [6.07, 6.45) is 1.76. The van der Waals surface area contributed by atoms with Gasteiger partial charge in [-0.05, 0) is 18.4 Å². The van der Waals surface area contributed by atoms with Crippen LogP contribution in [0.5, 0.6) is 0 Å². The lowest BCUT2D eigenvalue weighted by molar-refractivity contribution is -0.125. The fourth-order valence-electron chi connectivity index (χ4n) is 2.45. The molecule has 1 aliphatic carbocycles. The normalized spacial score (nSPS) is 23.1. The zero-order valence-electron chi connectivity index (χ0n) is 10.8. The standard InChI is InChI=1S/C14H15N3O3/c18-11-8-10(12(19)16-11)15-13(20)17-14(6-7-14)9-4-2-1-3-5-9/h1-5,10H,6-8H2,(H2,15,17,20)(H,16,18,19). The number of urea groups is 1. The highest BCUT2D eigenvalue weighted by Gasteiger charge is 2.46. The predicted octanol–water partition coefficient (Wildman–Crippen LogP) is 0.390. The number of carbonyl (C=O) groups is 3. The number of amides is 4. The molecule has 1 aromatic rings. The second kappa shape index (κ2) is 4.63. The summed E-state index contributed by atoms with van der Waals surface area (Å²) in [5.41, 5.74) is 0.729. The van der Waals surface area contributed by atoms with E-state index in [-0.39, 0.29) is 17.9 Å². The number of carbonyl (C=O) groups excluding carboxylic acids is 3. The quantitative estimate of drug-likeness (QED) is 0.696. The number of rotatable bonds is 3. The van der Waals surface area contributed by atoms with Crippen molar-refractivity contribution in [2.45, 2.75) is 30.8 Å². The van der Waals surface area contributed by atoms with E-state index in [0.29, 0.717) is 0 Å². The summed E-state index contributed by atoms with van der Waals surface area (Å²) in [5.74, 6) is -0.806. The Morgan fingerprint density at radius 3 is 2.45 bits per heavy atom. The lowest BCUT2D eigenvalue weighted by Gasteiger charge is -2.19. The summed E-state index contributed by atoms with van der Waals surface area (Å²) in [5, 5.41) is 7.61. The van der Waals surface area contributed by atoms with Crippen LogP contribution in [0.25, 0.3) is 0 Å². The Balaban J connectivity index is 1.62. The highest BCUT2D eigenvalue weighted by Crippen LogP contribution is 2.45. The van der Waals surface area contributed by atoms with Crippen LogP contribution in [0.4, 0.5) is 4.79 Å². The van der Waals surface area contributed by atoms with Gasteiger partial charge in [-0.2, -0.15) is 0 Å². The predicted molar refractivity (Wildman–Crippen MR) is 70.6 cm³/mol. The molecule has 1 aromatic carbocycles. The Bertz CT molecular complexity index is 566. The van der Waals surface area contributed by atoms with E-state index >= 15 is 0 Å². The Morgan fingerprint density at radius 1 is 1.20 bits per heavy atom. The maximum Gasteiger partial charge on any atom is 0.316 e. The molecule has 0 aromatic heterocycles. The number of hydrogen-bond acceptors (Lipinski definition) is 3. The highest BCUT2D eigenvalue weighted by molar-refractivity contribution is 6.06. The molecule has 2 fully saturated rings. The molecule has 2 aliphatic rings. The van der Waals surface area contributed by atoms with Crippen molar-refractivity contribution in [1.82, 2.24) is 16.0 Å². The smallest absolute Gasteiger partial charge is 0.316 e. The van der Waals surface area contributed by atoms with Gasteiger partial charge in [-0.15, -0.1) is 0 Å². The van der Waals surface area contributed by atoms with Gasteiger partial charge in [0.25, 0.3) is 0 Å². The van der Waals surface area contributed by atoms with Gasteiger partial charge in [-0.25, -0.2) is 4.79 Å². The van der Waals surface area contributed by atoms with Crippen LogP contribution in [-0.4, -0.2) is 23.9 Å². The monoisotopic (exact) mass is 273 g/mol. The van der Waals surface area contributed by atoms with E-state index in [1.807, 2.05) is 30.3 Å². The molecule has 6 heteroatoms. The van der Waals surface area contributed by atoms with Gasteiger partial charge in [0.2, 0.25) is 11.8 Å². The van der Waals surface area contributed by atoms with Gasteiger partial charge in [-0.1, -0.05) is 30.3 Å². The van der Waals surface area contributed by atoms with Crippen molar-refractivity contribution in [2.75, 3.05) is 0 Å². The van der Waals surface area contributed by atoms with Crippen molar-refractivity contribution in [3.8, 4) is 0 Å². The zero-order valence-corrected chi connectivity index (χ0v) is 10.8. The number of benzene rings is 1. The first-order chi connectivity index (χ1) is 9.59. The molecule has 4 amide bonds. The molecule has 3 rings (SSSR count). The van der Waals surface area contributed by atoms with E-state index in [1.54, 1.807) is 0 Å². The van der Waals surface area contributed by atoms with Gasteiger partial charge in [0, 0.05) is 0 Å². The van der Waals surface area contributed by atoms with Gasteiger partial charge in [-0.3, -0.25) is 14.9 Å². The Morgan fingerprint density at radius 2 is 1.90 bits per heavy atom. The summed E-state index contributed by atoms with van der Waals surface area (Å²) < 4.78 is 0. The average molecular weight is 273 g/mol. The molecule has 1 atom stereocenters. The maximum absolute atomic E-state index is 12.0. The van der Waals surface area contributed by atoms with Gasteiger partial charge in [0.15, 0.2) is 0 Å². The minimum atomic E-state index is -0.769. The minimum Gasteiger partial charge on any atom is -0.329 e. The second-order valence-electron chi connectivity index (χ2n) is 5.22. The van der Waals surface area contributed by atoms with Crippen molar-refractivity contribution in [2.24, 2.45) is 0 Å². The van der Waals surface area contributed by atoms with Gasteiger partial charge >= 0.3 is 6.03 Å². The summed E-state index contributed by atoms with van der Waals surface area (Å²) in [7, 11) is 0. The van der Waals surface area contributed by atoms with Gasteiger partial charge in [0.05, 0.1) is 12.0 Å². The molecule has 3 N–H and O–H groups in total. The first kappa shape index (κ1) is 12.7. The largest absolute Gasteiger partial charge is 0.329 e. The highest BCUT2D eigenvalue weighted by atomic mass is 16.2. The molecule has 1 saturated carbocycles. The number of hydrogen-bond donors (Lipinski definition) is 3. The summed E-state index contributed by atoms with van der Waals surface area (Å²) in [4.78, 5) is 34.4. The molecular formula is C14H15N3O3. The summed E-state index contributed by atoms with van der Waals surface area (Å²) in [6.45, 7) is 0. The van der Waals surface area contributed by atoms with E-state index in [4.69, 9.17) is 0 Å². The third-order valence-electron chi connectivity index (χ3n) is 3.70. The van der Waals surface area contributed by atoms with Crippen LogP contribution >= 0.6 is 0 Å². The molecule has 0 bridgehead atoms. The molecule has 1 heterocycles. The van der Waals surface area contributed by atoms with Crippen LogP contribution in [0.1, 0.15) is 24.8 Å². The molecule has 1 aliphatic heterocycles. The molecule has 104 valence electrons. The Kier molecular flexibility index (Phi) is 2.93. The molecule has 1 saturated heterocycles. The van der Waals surface area contributed by atoms with E-state index in [0.717, 1.165) is 18.4 Å². The van der Waals surface area contributed by atoms with Crippen LogP contribution in [0.3, 0.4) is 0 Å². The molecule has 6 nitrogen and oxygen atoms in total. The van der Waals surface area contributed by atoms with Crippen molar-refractivity contribution >= 4 is 17.8 Å². The minimum absolute atomic E-state index is 0.00455. The average Bonchev–Trinajstić information content (AvgIpc) is 3.12. The molecule has 0 spiro atoms. The summed E-state index contributed by atoms with van der Waals surface area (Å²) >= 11 is 0. The fraction of sp³-hybridized carbons (Fsp3) is 0.357. The lowest BCUT2D eigenvalue weighted by atomic mass is 10.1. The van der Waals surface area contributed by atoms with E-state index in [9.17, 15) is 14.4 Å².